The Morgan fingerprint density at radius 1 is 1.26 bits per heavy atom. The summed E-state index contributed by atoms with van der Waals surface area (Å²) in [6.07, 6.45) is -4.65. The summed E-state index contributed by atoms with van der Waals surface area (Å²) in [5.74, 6) is -1.07. The zero-order chi connectivity index (χ0) is 17.2. The van der Waals surface area contributed by atoms with E-state index in [9.17, 15) is 23.1 Å². The fraction of sp³-hybridized carbons (Fsp3) is 0.133. The molecule has 0 bridgehead atoms. The third kappa shape index (κ3) is 3.68. The Morgan fingerprint density at radius 2 is 1.96 bits per heavy atom. The van der Waals surface area contributed by atoms with Gasteiger partial charge >= 0.3 is 6.18 Å². The summed E-state index contributed by atoms with van der Waals surface area (Å²) in [5, 5.41) is 11.6. The van der Waals surface area contributed by atoms with Crippen molar-refractivity contribution < 1.29 is 27.8 Å². The Hall–Kier alpha value is -2.41. The van der Waals surface area contributed by atoms with Gasteiger partial charge in [0.15, 0.2) is 0 Å². The first-order valence-corrected chi connectivity index (χ1v) is 6.66. The van der Waals surface area contributed by atoms with Crippen molar-refractivity contribution >= 4 is 23.2 Å². The Balaban J connectivity index is 2.35. The molecular weight excluding hydrogens is 335 g/mol. The number of rotatable bonds is 3. The van der Waals surface area contributed by atoms with Crippen LogP contribution >= 0.6 is 11.6 Å². The molecule has 0 aliphatic rings. The molecule has 4 nitrogen and oxygen atoms in total. The molecule has 0 aromatic heterocycles. The van der Waals surface area contributed by atoms with E-state index in [2.05, 4.69) is 5.32 Å². The summed E-state index contributed by atoms with van der Waals surface area (Å²) in [7, 11) is 1.30. The Bertz CT molecular complexity index is 747. The molecule has 2 rings (SSSR count). The molecule has 2 aromatic rings. The molecule has 2 N–H and O–H groups in total. The number of anilines is 1. The van der Waals surface area contributed by atoms with Gasteiger partial charge in [-0.05, 0) is 30.3 Å². The second-order valence-electron chi connectivity index (χ2n) is 4.50. The van der Waals surface area contributed by atoms with Gasteiger partial charge in [-0.2, -0.15) is 13.2 Å². The zero-order valence-electron chi connectivity index (χ0n) is 11.7. The van der Waals surface area contributed by atoms with E-state index >= 15 is 0 Å². The number of benzene rings is 2. The zero-order valence-corrected chi connectivity index (χ0v) is 12.5. The lowest BCUT2D eigenvalue weighted by Crippen LogP contribution is -2.14. The number of ether oxygens (including phenoxy) is 1. The molecule has 0 atom stereocenters. The summed E-state index contributed by atoms with van der Waals surface area (Å²) in [6.45, 7) is 0. The quantitative estimate of drug-likeness (QED) is 0.870. The van der Waals surface area contributed by atoms with Crippen molar-refractivity contribution in [3.8, 4) is 11.5 Å². The first kappa shape index (κ1) is 17.0. The number of alkyl halides is 3. The van der Waals surface area contributed by atoms with Crippen molar-refractivity contribution in [3.63, 3.8) is 0 Å². The molecule has 0 unspecified atom stereocenters. The lowest BCUT2D eigenvalue weighted by molar-refractivity contribution is -0.137. The summed E-state index contributed by atoms with van der Waals surface area (Å²) in [4.78, 5) is 12.2. The standard InChI is InChI=1S/C15H11ClF3NO3/c1-23-12-4-2-3-11(21)13(12)14(22)20-8-5-6-10(16)9(7-8)15(17,18)19/h2-7,21H,1H3,(H,20,22). The van der Waals surface area contributed by atoms with E-state index in [-0.39, 0.29) is 22.7 Å². The molecule has 23 heavy (non-hydrogen) atoms. The Kier molecular flexibility index (Phi) is 4.70. The van der Waals surface area contributed by atoms with Crippen molar-refractivity contribution in [3.05, 3.63) is 52.5 Å². The largest absolute Gasteiger partial charge is 0.507 e. The van der Waals surface area contributed by atoms with Crippen LogP contribution in [-0.4, -0.2) is 18.1 Å². The molecule has 122 valence electrons. The molecule has 0 spiro atoms. The van der Waals surface area contributed by atoms with Gasteiger partial charge in [-0.15, -0.1) is 0 Å². The van der Waals surface area contributed by atoms with Gasteiger partial charge in [0.25, 0.3) is 5.91 Å². The highest BCUT2D eigenvalue weighted by molar-refractivity contribution is 6.31. The fourth-order valence-electron chi connectivity index (χ4n) is 1.93. The lowest BCUT2D eigenvalue weighted by atomic mass is 10.1. The monoisotopic (exact) mass is 345 g/mol. The number of carbonyl (C=O) groups excluding carboxylic acids is 1. The predicted octanol–water partition coefficient (Wildman–Crippen LogP) is 4.33. The third-order valence-corrected chi connectivity index (χ3v) is 3.31. The molecule has 0 heterocycles. The summed E-state index contributed by atoms with van der Waals surface area (Å²) in [5.41, 5.74) is -1.36. The fourth-order valence-corrected chi connectivity index (χ4v) is 2.16. The Morgan fingerprint density at radius 3 is 2.57 bits per heavy atom. The summed E-state index contributed by atoms with van der Waals surface area (Å²) in [6, 6.07) is 7.14. The van der Waals surface area contributed by atoms with E-state index in [1.165, 1.54) is 31.4 Å². The van der Waals surface area contributed by atoms with Gasteiger partial charge in [-0.25, -0.2) is 0 Å². The number of amides is 1. The summed E-state index contributed by atoms with van der Waals surface area (Å²) >= 11 is 5.51. The van der Waals surface area contributed by atoms with Gasteiger partial charge < -0.3 is 15.2 Å². The first-order chi connectivity index (χ1) is 10.7. The van der Waals surface area contributed by atoms with Crippen LogP contribution in [-0.2, 0) is 6.18 Å². The second kappa shape index (κ2) is 6.37. The number of nitrogens with one attached hydrogen (secondary N) is 1. The number of methoxy groups -OCH3 is 1. The summed E-state index contributed by atoms with van der Waals surface area (Å²) < 4.78 is 43.4. The van der Waals surface area contributed by atoms with Crippen LogP contribution in [0, 0.1) is 0 Å². The van der Waals surface area contributed by atoms with E-state index in [1.54, 1.807) is 0 Å². The van der Waals surface area contributed by atoms with Gasteiger partial charge in [-0.3, -0.25) is 4.79 Å². The van der Waals surface area contributed by atoms with E-state index in [0.29, 0.717) is 6.07 Å². The molecule has 2 aromatic carbocycles. The van der Waals surface area contributed by atoms with Crippen molar-refractivity contribution in [1.29, 1.82) is 0 Å². The van der Waals surface area contributed by atoms with Crippen molar-refractivity contribution in [2.24, 2.45) is 0 Å². The average molecular weight is 346 g/mol. The molecule has 0 radical (unpaired) electrons. The first-order valence-electron chi connectivity index (χ1n) is 6.28. The minimum Gasteiger partial charge on any atom is -0.507 e. The SMILES string of the molecule is COc1cccc(O)c1C(=O)Nc1ccc(Cl)c(C(F)(F)F)c1. The molecule has 0 fully saturated rings. The number of halogens is 4. The molecule has 0 aliphatic carbocycles. The van der Waals surface area contributed by atoms with Crippen LogP contribution in [0.5, 0.6) is 11.5 Å². The maximum absolute atomic E-state index is 12.8. The van der Waals surface area contributed by atoms with Gasteiger partial charge in [-0.1, -0.05) is 17.7 Å². The van der Waals surface area contributed by atoms with Gasteiger partial charge in [0.1, 0.15) is 17.1 Å². The van der Waals surface area contributed by atoms with Crippen LogP contribution < -0.4 is 10.1 Å². The number of phenols is 1. The molecule has 1 amide bonds. The van der Waals surface area contributed by atoms with Crippen LogP contribution in [0.15, 0.2) is 36.4 Å². The highest BCUT2D eigenvalue weighted by Gasteiger charge is 2.33. The topological polar surface area (TPSA) is 58.6 Å². The average Bonchev–Trinajstić information content (AvgIpc) is 2.47. The van der Waals surface area contributed by atoms with E-state index in [0.717, 1.165) is 6.07 Å². The number of hydrogen-bond acceptors (Lipinski definition) is 3. The van der Waals surface area contributed by atoms with E-state index in [4.69, 9.17) is 16.3 Å². The number of aromatic hydroxyl groups is 1. The Labute approximate surface area is 134 Å². The highest BCUT2D eigenvalue weighted by Crippen LogP contribution is 2.36. The van der Waals surface area contributed by atoms with Gasteiger partial charge in [0.05, 0.1) is 17.7 Å². The van der Waals surface area contributed by atoms with E-state index < -0.39 is 22.7 Å². The number of hydrogen-bond donors (Lipinski definition) is 2. The van der Waals surface area contributed by atoms with Crippen molar-refractivity contribution in [2.45, 2.75) is 6.18 Å². The van der Waals surface area contributed by atoms with Gasteiger partial charge in [0.2, 0.25) is 0 Å². The van der Waals surface area contributed by atoms with Gasteiger partial charge in [0, 0.05) is 5.69 Å². The maximum Gasteiger partial charge on any atom is 0.417 e. The second-order valence-corrected chi connectivity index (χ2v) is 4.91. The lowest BCUT2D eigenvalue weighted by Gasteiger charge is -2.13. The highest BCUT2D eigenvalue weighted by atomic mass is 35.5. The van der Waals surface area contributed by atoms with Crippen LogP contribution in [0.3, 0.4) is 0 Å². The van der Waals surface area contributed by atoms with Crippen LogP contribution in [0.2, 0.25) is 5.02 Å². The van der Waals surface area contributed by atoms with Crippen LogP contribution in [0.1, 0.15) is 15.9 Å². The molecule has 8 heteroatoms. The maximum atomic E-state index is 12.8. The van der Waals surface area contributed by atoms with Crippen LogP contribution in [0.4, 0.5) is 18.9 Å². The van der Waals surface area contributed by atoms with E-state index in [1.807, 2.05) is 0 Å². The number of carbonyl (C=O) groups is 1. The third-order valence-electron chi connectivity index (χ3n) is 2.98. The minimum absolute atomic E-state index is 0.0903. The normalized spacial score (nSPS) is 11.2. The molecule has 0 saturated heterocycles. The minimum atomic E-state index is -4.65. The van der Waals surface area contributed by atoms with Crippen LogP contribution in [0.25, 0.3) is 0 Å². The number of phenolic OH excluding ortho intramolecular Hbond substituents is 1. The van der Waals surface area contributed by atoms with Crippen molar-refractivity contribution in [1.82, 2.24) is 0 Å². The van der Waals surface area contributed by atoms with Crippen molar-refractivity contribution in [2.75, 3.05) is 12.4 Å². The molecule has 0 saturated carbocycles. The molecular formula is C15H11ClF3NO3. The molecule has 0 aliphatic heterocycles. The smallest absolute Gasteiger partial charge is 0.417 e. The predicted molar refractivity (Wildman–Crippen MR) is 79.1 cm³/mol.